The Balaban J connectivity index is 2.25. The van der Waals surface area contributed by atoms with Crippen molar-refractivity contribution in [1.29, 1.82) is 0 Å². The number of morpholine rings is 1. The van der Waals surface area contributed by atoms with Crippen LogP contribution in [0.15, 0.2) is 12.1 Å². The lowest BCUT2D eigenvalue weighted by Gasteiger charge is -2.36. The molecule has 0 spiro atoms. The molecule has 1 aliphatic heterocycles. The molecule has 5 heteroatoms. The van der Waals surface area contributed by atoms with E-state index in [9.17, 15) is 0 Å². The number of hydrogen-bond acceptors (Lipinski definition) is 4. The topological polar surface area (TPSA) is 51.4 Å². The Bertz CT molecular complexity index is 386. The van der Waals surface area contributed by atoms with Gasteiger partial charge in [0, 0.05) is 13.1 Å². The zero-order chi connectivity index (χ0) is 12.3. The first-order chi connectivity index (χ1) is 8.26. The minimum atomic E-state index is 0.369. The van der Waals surface area contributed by atoms with E-state index in [-0.39, 0.29) is 0 Å². The highest BCUT2D eigenvalue weighted by Crippen LogP contribution is 2.23. The number of halogens is 1. The number of anilines is 1. The first-order valence-electron chi connectivity index (χ1n) is 5.96. The van der Waals surface area contributed by atoms with Crippen LogP contribution in [0.4, 0.5) is 5.82 Å². The van der Waals surface area contributed by atoms with E-state index in [1.165, 1.54) is 0 Å². The van der Waals surface area contributed by atoms with Crippen molar-refractivity contribution in [2.45, 2.75) is 25.9 Å². The third-order valence-corrected chi connectivity index (χ3v) is 3.43. The summed E-state index contributed by atoms with van der Waals surface area (Å²) in [5, 5.41) is 0.637. The summed E-state index contributed by atoms with van der Waals surface area (Å²) in [7, 11) is 0. The van der Waals surface area contributed by atoms with Gasteiger partial charge in [-0.1, -0.05) is 18.5 Å². The Hall–Kier alpha value is -0.840. The molecule has 1 aromatic rings. The smallest absolute Gasteiger partial charge is 0.129 e. The van der Waals surface area contributed by atoms with Crippen molar-refractivity contribution in [3.05, 3.63) is 22.8 Å². The molecule has 1 unspecified atom stereocenters. The van der Waals surface area contributed by atoms with Crippen LogP contribution in [0.5, 0.6) is 0 Å². The number of hydrogen-bond donors (Lipinski definition) is 1. The van der Waals surface area contributed by atoms with Crippen LogP contribution in [0.25, 0.3) is 0 Å². The van der Waals surface area contributed by atoms with Crippen molar-refractivity contribution >= 4 is 17.4 Å². The number of nitrogens with two attached hydrogens (primary N) is 1. The van der Waals surface area contributed by atoms with E-state index >= 15 is 0 Å². The van der Waals surface area contributed by atoms with Crippen LogP contribution in [0.1, 0.15) is 19.0 Å². The molecule has 0 aliphatic carbocycles. The lowest BCUT2D eigenvalue weighted by atomic mass is 10.1. The van der Waals surface area contributed by atoms with E-state index in [2.05, 4.69) is 16.8 Å². The summed E-state index contributed by atoms with van der Waals surface area (Å²) >= 11 is 6.02. The molecule has 0 bridgehead atoms. The predicted octanol–water partition coefficient (Wildman–Crippen LogP) is 1.81. The molecule has 1 saturated heterocycles. The maximum absolute atomic E-state index is 6.02. The summed E-state index contributed by atoms with van der Waals surface area (Å²) in [6.45, 7) is 4.91. The number of ether oxygens (including phenoxy) is 1. The fourth-order valence-corrected chi connectivity index (χ4v) is 2.25. The van der Waals surface area contributed by atoms with Gasteiger partial charge in [-0.2, -0.15) is 0 Å². The second-order valence-electron chi connectivity index (χ2n) is 4.13. The summed E-state index contributed by atoms with van der Waals surface area (Å²) in [5.41, 5.74) is 6.38. The van der Waals surface area contributed by atoms with E-state index in [0.29, 0.717) is 17.6 Å². The molecule has 0 saturated carbocycles. The molecule has 2 heterocycles. The van der Waals surface area contributed by atoms with E-state index in [1.807, 2.05) is 12.1 Å². The van der Waals surface area contributed by atoms with Crippen molar-refractivity contribution in [2.75, 3.05) is 24.7 Å². The monoisotopic (exact) mass is 255 g/mol. The van der Waals surface area contributed by atoms with Crippen LogP contribution in [0.3, 0.4) is 0 Å². The van der Waals surface area contributed by atoms with Gasteiger partial charge >= 0.3 is 0 Å². The normalized spacial score (nSPS) is 20.6. The first kappa shape index (κ1) is 12.6. The SMILES string of the molecule is CCC1COCCN1c1ccc(Cl)c(CN)n1. The van der Waals surface area contributed by atoms with E-state index in [4.69, 9.17) is 22.1 Å². The number of pyridine rings is 1. The van der Waals surface area contributed by atoms with Crippen molar-refractivity contribution < 1.29 is 4.74 Å². The minimum absolute atomic E-state index is 0.369. The highest BCUT2D eigenvalue weighted by Gasteiger charge is 2.22. The van der Waals surface area contributed by atoms with Crippen LogP contribution in [0, 0.1) is 0 Å². The molecular weight excluding hydrogens is 238 g/mol. The molecule has 1 aromatic heterocycles. The first-order valence-corrected chi connectivity index (χ1v) is 6.34. The van der Waals surface area contributed by atoms with Gasteiger partial charge in [-0.3, -0.25) is 0 Å². The van der Waals surface area contributed by atoms with Crippen LogP contribution in [-0.4, -0.2) is 30.8 Å². The van der Waals surface area contributed by atoms with Crippen molar-refractivity contribution in [3.8, 4) is 0 Å². The summed E-state index contributed by atoms with van der Waals surface area (Å²) in [5.74, 6) is 0.949. The molecule has 2 N–H and O–H groups in total. The number of aromatic nitrogens is 1. The van der Waals surface area contributed by atoms with Gasteiger partial charge < -0.3 is 15.4 Å². The lowest BCUT2D eigenvalue weighted by molar-refractivity contribution is 0.0925. The Morgan fingerprint density at radius 1 is 1.59 bits per heavy atom. The molecule has 17 heavy (non-hydrogen) atoms. The fraction of sp³-hybridized carbons (Fsp3) is 0.583. The maximum Gasteiger partial charge on any atom is 0.129 e. The Labute approximate surface area is 107 Å². The fourth-order valence-electron chi connectivity index (χ4n) is 2.07. The molecule has 0 amide bonds. The van der Waals surface area contributed by atoms with E-state index < -0.39 is 0 Å². The van der Waals surface area contributed by atoms with Crippen molar-refractivity contribution in [3.63, 3.8) is 0 Å². The Morgan fingerprint density at radius 3 is 3.12 bits per heavy atom. The number of rotatable bonds is 3. The molecule has 1 atom stereocenters. The third kappa shape index (κ3) is 2.70. The van der Waals surface area contributed by atoms with Gasteiger partial charge in [-0.25, -0.2) is 4.98 Å². The minimum Gasteiger partial charge on any atom is -0.377 e. The lowest BCUT2D eigenvalue weighted by Crippen LogP contribution is -2.45. The van der Waals surface area contributed by atoms with Gasteiger partial charge in [0.25, 0.3) is 0 Å². The summed E-state index contributed by atoms with van der Waals surface area (Å²) in [6, 6.07) is 4.21. The molecule has 4 nitrogen and oxygen atoms in total. The zero-order valence-electron chi connectivity index (χ0n) is 10.0. The highest BCUT2D eigenvalue weighted by atomic mass is 35.5. The third-order valence-electron chi connectivity index (χ3n) is 3.09. The second kappa shape index (κ2) is 5.67. The average molecular weight is 256 g/mol. The van der Waals surface area contributed by atoms with Crippen LogP contribution < -0.4 is 10.6 Å². The van der Waals surface area contributed by atoms with Crippen LogP contribution in [0.2, 0.25) is 5.02 Å². The number of nitrogens with zero attached hydrogens (tertiary/aromatic N) is 2. The Kier molecular flexibility index (Phi) is 4.20. The molecule has 1 fully saturated rings. The van der Waals surface area contributed by atoms with Gasteiger partial charge in [-0.05, 0) is 18.6 Å². The summed E-state index contributed by atoms with van der Waals surface area (Å²) in [6.07, 6.45) is 1.04. The quantitative estimate of drug-likeness (QED) is 0.895. The zero-order valence-corrected chi connectivity index (χ0v) is 10.8. The van der Waals surface area contributed by atoms with E-state index in [1.54, 1.807) is 0 Å². The van der Waals surface area contributed by atoms with Gasteiger partial charge in [0.05, 0.1) is 30.0 Å². The predicted molar refractivity (Wildman–Crippen MR) is 69.4 cm³/mol. The van der Waals surface area contributed by atoms with Gasteiger partial charge in [0.1, 0.15) is 5.82 Å². The molecule has 1 aliphatic rings. The summed E-state index contributed by atoms with van der Waals surface area (Å²) < 4.78 is 5.48. The summed E-state index contributed by atoms with van der Waals surface area (Å²) in [4.78, 5) is 6.80. The molecular formula is C12H18ClN3O. The van der Waals surface area contributed by atoms with Crippen LogP contribution in [-0.2, 0) is 11.3 Å². The van der Waals surface area contributed by atoms with Crippen molar-refractivity contribution in [2.24, 2.45) is 5.73 Å². The maximum atomic E-state index is 6.02. The molecule has 0 aromatic carbocycles. The molecule has 0 radical (unpaired) electrons. The van der Waals surface area contributed by atoms with Gasteiger partial charge in [0.2, 0.25) is 0 Å². The molecule has 94 valence electrons. The van der Waals surface area contributed by atoms with E-state index in [0.717, 1.165) is 37.7 Å². The second-order valence-corrected chi connectivity index (χ2v) is 4.54. The molecule has 2 rings (SSSR count). The standard InChI is InChI=1S/C12H18ClN3O/c1-2-9-8-17-6-5-16(9)12-4-3-10(13)11(7-14)15-12/h3-4,9H,2,5-8,14H2,1H3. The highest BCUT2D eigenvalue weighted by molar-refractivity contribution is 6.31. The van der Waals surface area contributed by atoms with Gasteiger partial charge in [-0.15, -0.1) is 0 Å². The average Bonchev–Trinajstić information content (AvgIpc) is 2.39. The van der Waals surface area contributed by atoms with Crippen LogP contribution >= 0.6 is 11.6 Å². The van der Waals surface area contributed by atoms with Crippen molar-refractivity contribution in [1.82, 2.24) is 4.98 Å². The largest absolute Gasteiger partial charge is 0.377 e. The van der Waals surface area contributed by atoms with Gasteiger partial charge in [0.15, 0.2) is 0 Å². The Morgan fingerprint density at radius 2 is 2.41 bits per heavy atom.